The van der Waals surface area contributed by atoms with Gasteiger partial charge in [0, 0.05) is 22.7 Å². The molecule has 0 bridgehead atoms. The van der Waals surface area contributed by atoms with Gasteiger partial charge in [0.1, 0.15) is 0 Å². The number of nitrogens with one attached hydrogen (secondary N) is 2. The van der Waals surface area contributed by atoms with Crippen molar-refractivity contribution in [2.75, 3.05) is 11.9 Å². The van der Waals surface area contributed by atoms with E-state index >= 15 is 0 Å². The molecule has 150 valence electrons. The molecule has 0 fully saturated rings. The molecule has 0 radical (unpaired) electrons. The Hall–Kier alpha value is -2.19. The summed E-state index contributed by atoms with van der Waals surface area (Å²) in [5.41, 5.74) is 2.99. The summed E-state index contributed by atoms with van der Waals surface area (Å²) >= 11 is 3.47. The molecule has 1 amide bonds. The molecule has 7 nitrogen and oxygen atoms in total. The second-order valence-corrected chi connectivity index (χ2v) is 8.01. The molecule has 0 aliphatic carbocycles. The summed E-state index contributed by atoms with van der Waals surface area (Å²) in [4.78, 5) is 24.5. The summed E-state index contributed by atoms with van der Waals surface area (Å²) in [5, 5.41) is 10.6. The summed E-state index contributed by atoms with van der Waals surface area (Å²) in [6.07, 6.45) is 1.67. The van der Waals surface area contributed by atoms with Crippen molar-refractivity contribution in [2.24, 2.45) is 0 Å². The van der Waals surface area contributed by atoms with Gasteiger partial charge in [0.2, 0.25) is 0 Å². The first kappa shape index (κ1) is 20.5. The van der Waals surface area contributed by atoms with E-state index in [9.17, 15) is 9.59 Å². The zero-order valence-corrected chi connectivity index (χ0v) is 17.9. The number of hydrogen-bond donors (Lipinski definition) is 2. The maximum absolute atomic E-state index is 12.7. The molecule has 3 rings (SSSR count). The van der Waals surface area contributed by atoms with Crippen LogP contribution in [0, 0.1) is 6.92 Å². The first-order valence-corrected chi connectivity index (χ1v) is 10.2. The highest BCUT2D eigenvalue weighted by Gasteiger charge is 2.25. The molecule has 1 aliphatic heterocycles. The lowest BCUT2D eigenvalue weighted by Crippen LogP contribution is -2.33. The number of carbonyl (C=O) groups is 2. The van der Waals surface area contributed by atoms with E-state index in [-0.39, 0.29) is 30.6 Å². The topological polar surface area (TPSA) is 85.3 Å². The van der Waals surface area contributed by atoms with Crippen molar-refractivity contribution in [3.8, 4) is 0 Å². The standard InChI is InChI=1S/C20H25BrN4O3/c1-12(2)28-19(26)11-22-16-8-5-9-25-18(16)10-17(24-25)20(27)23-15-7-4-6-14(21)13(15)3/h4,6-7,10,12,16,22H,5,8-9,11H2,1-3H3,(H,23,27)/t16-/m0/s1. The van der Waals surface area contributed by atoms with Crippen molar-refractivity contribution >= 4 is 33.5 Å². The number of ether oxygens (including phenoxy) is 1. The largest absolute Gasteiger partial charge is 0.462 e. The molecule has 1 aliphatic rings. The van der Waals surface area contributed by atoms with E-state index in [0.29, 0.717) is 5.69 Å². The van der Waals surface area contributed by atoms with Gasteiger partial charge in [0.25, 0.3) is 5.91 Å². The van der Waals surface area contributed by atoms with Crippen molar-refractivity contribution in [2.45, 2.75) is 52.3 Å². The molecule has 2 N–H and O–H groups in total. The number of esters is 1. The minimum absolute atomic E-state index is 0.0323. The molecule has 0 saturated heterocycles. The van der Waals surface area contributed by atoms with Gasteiger partial charge in [-0.3, -0.25) is 19.6 Å². The maximum Gasteiger partial charge on any atom is 0.320 e. The number of amides is 1. The summed E-state index contributed by atoms with van der Waals surface area (Å²) in [5.74, 6) is -0.532. The second kappa shape index (κ2) is 8.87. The third-order valence-electron chi connectivity index (χ3n) is 4.64. The van der Waals surface area contributed by atoms with E-state index in [1.807, 2.05) is 43.7 Å². The molecule has 0 unspecified atom stereocenters. The third-order valence-corrected chi connectivity index (χ3v) is 5.50. The minimum atomic E-state index is -0.283. The lowest BCUT2D eigenvalue weighted by atomic mass is 10.0. The summed E-state index contributed by atoms with van der Waals surface area (Å²) in [7, 11) is 0. The predicted octanol–water partition coefficient (Wildman–Crippen LogP) is 3.58. The Morgan fingerprint density at radius 2 is 2.18 bits per heavy atom. The Labute approximate surface area is 173 Å². The van der Waals surface area contributed by atoms with Crippen molar-refractivity contribution in [1.29, 1.82) is 0 Å². The van der Waals surface area contributed by atoms with Crippen LogP contribution in [-0.2, 0) is 16.1 Å². The van der Waals surface area contributed by atoms with Crippen LogP contribution in [-0.4, -0.2) is 34.3 Å². The van der Waals surface area contributed by atoms with Crippen molar-refractivity contribution in [1.82, 2.24) is 15.1 Å². The van der Waals surface area contributed by atoms with Gasteiger partial charge in [-0.05, 0) is 57.4 Å². The lowest BCUT2D eigenvalue weighted by Gasteiger charge is -2.24. The van der Waals surface area contributed by atoms with E-state index in [2.05, 4.69) is 31.7 Å². The number of benzene rings is 1. The van der Waals surface area contributed by atoms with Crippen molar-refractivity contribution in [3.63, 3.8) is 0 Å². The number of fused-ring (bicyclic) bond motifs is 1. The number of rotatable bonds is 6. The molecular weight excluding hydrogens is 424 g/mol. The quantitative estimate of drug-likeness (QED) is 0.659. The van der Waals surface area contributed by atoms with Crippen LogP contribution >= 0.6 is 15.9 Å². The molecule has 2 heterocycles. The van der Waals surface area contributed by atoms with Crippen LogP contribution in [0.2, 0.25) is 0 Å². The highest BCUT2D eigenvalue weighted by atomic mass is 79.9. The van der Waals surface area contributed by atoms with E-state index < -0.39 is 0 Å². The van der Waals surface area contributed by atoms with Crippen LogP contribution < -0.4 is 10.6 Å². The first-order valence-electron chi connectivity index (χ1n) is 9.42. The highest BCUT2D eigenvalue weighted by Crippen LogP contribution is 2.27. The highest BCUT2D eigenvalue weighted by molar-refractivity contribution is 9.10. The molecule has 0 spiro atoms. The molecule has 1 aromatic heterocycles. The van der Waals surface area contributed by atoms with Crippen LogP contribution in [0.15, 0.2) is 28.7 Å². The van der Waals surface area contributed by atoms with E-state index in [1.165, 1.54) is 0 Å². The molecule has 2 aromatic rings. The summed E-state index contributed by atoms with van der Waals surface area (Å²) in [6.45, 7) is 6.48. The van der Waals surface area contributed by atoms with Crippen LogP contribution in [0.3, 0.4) is 0 Å². The van der Waals surface area contributed by atoms with Crippen LogP contribution in [0.1, 0.15) is 54.5 Å². The van der Waals surface area contributed by atoms with Gasteiger partial charge >= 0.3 is 5.97 Å². The smallest absolute Gasteiger partial charge is 0.320 e. The Morgan fingerprint density at radius 3 is 2.93 bits per heavy atom. The van der Waals surface area contributed by atoms with Crippen molar-refractivity contribution in [3.05, 3.63) is 45.7 Å². The number of aromatic nitrogens is 2. The fourth-order valence-electron chi connectivity index (χ4n) is 3.24. The molecule has 0 saturated carbocycles. The number of hydrogen-bond acceptors (Lipinski definition) is 5. The summed E-state index contributed by atoms with van der Waals surface area (Å²) in [6, 6.07) is 7.43. The number of halogens is 1. The van der Waals surface area contributed by atoms with Gasteiger partial charge < -0.3 is 10.1 Å². The third kappa shape index (κ3) is 4.80. The van der Waals surface area contributed by atoms with Crippen molar-refractivity contribution < 1.29 is 14.3 Å². The zero-order chi connectivity index (χ0) is 20.3. The van der Waals surface area contributed by atoms with E-state index in [1.54, 1.807) is 6.07 Å². The zero-order valence-electron chi connectivity index (χ0n) is 16.3. The number of anilines is 1. The van der Waals surface area contributed by atoms with E-state index in [0.717, 1.165) is 40.8 Å². The molecular formula is C20H25BrN4O3. The van der Waals surface area contributed by atoms with Crippen LogP contribution in [0.5, 0.6) is 0 Å². The average Bonchev–Trinajstić information content (AvgIpc) is 3.08. The second-order valence-electron chi connectivity index (χ2n) is 7.16. The van der Waals surface area contributed by atoms with Gasteiger partial charge in [0.15, 0.2) is 5.69 Å². The maximum atomic E-state index is 12.7. The fourth-order valence-corrected chi connectivity index (χ4v) is 3.61. The van der Waals surface area contributed by atoms with Gasteiger partial charge in [0.05, 0.1) is 18.3 Å². The Bertz CT molecular complexity index is 878. The average molecular weight is 449 g/mol. The van der Waals surface area contributed by atoms with Gasteiger partial charge in [-0.1, -0.05) is 22.0 Å². The molecule has 8 heteroatoms. The normalized spacial score (nSPS) is 16.0. The monoisotopic (exact) mass is 448 g/mol. The Morgan fingerprint density at radius 1 is 1.39 bits per heavy atom. The SMILES string of the molecule is Cc1c(Br)cccc1NC(=O)c1cc2n(n1)CCC[C@@H]2NCC(=O)OC(C)C. The Balaban J connectivity index is 1.70. The predicted molar refractivity (Wildman–Crippen MR) is 110 cm³/mol. The number of nitrogens with zero attached hydrogens (tertiary/aromatic N) is 2. The Kier molecular flexibility index (Phi) is 6.51. The van der Waals surface area contributed by atoms with E-state index in [4.69, 9.17) is 4.74 Å². The fraction of sp³-hybridized carbons (Fsp3) is 0.450. The van der Waals surface area contributed by atoms with Crippen LogP contribution in [0.25, 0.3) is 0 Å². The molecule has 1 atom stereocenters. The van der Waals surface area contributed by atoms with Crippen LogP contribution in [0.4, 0.5) is 5.69 Å². The number of aryl methyl sites for hydroxylation is 1. The number of carbonyl (C=O) groups excluding carboxylic acids is 2. The first-order chi connectivity index (χ1) is 13.3. The molecule has 28 heavy (non-hydrogen) atoms. The van der Waals surface area contributed by atoms with Gasteiger partial charge in [-0.25, -0.2) is 0 Å². The van der Waals surface area contributed by atoms with Gasteiger partial charge in [-0.2, -0.15) is 5.10 Å². The van der Waals surface area contributed by atoms with Gasteiger partial charge in [-0.15, -0.1) is 0 Å². The minimum Gasteiger partial charge on any atom is -0.462 e. The summed E-state index contributed by atoms with van der Waals surface area (Å²) < 4.78 is 7.95. The molecule has 1 aromatic carbocycles. The lowest BCUT2D eigenvalue weighted by molar-refractivity contribution is -0.146.